The molecule has 9 nitrogen and oxygen atoms in total. The van der Waals surface area contributed by atoms with Crippen molar-refractivity contribution in [2.45, 2.75) is 32.7 Å². The van der Waals surface area contributed by atoms with Gasteiger partial charge in [0.15, 0.2) is 5.82 Å². The number of aromatic nitrogens is 3. The van der Waals surface area contributed by atoms with Gasteiger partial charge in [-0.25, -0.2) is 9.48 Å². The van der Waals surface area contributed by atoms with Crippen molar-refractivity contribution in [3.8, 4) is 0 Å². The molecule has 0 radical (unpaired) electrons. The Hall–Kier alpha value is -3.50. The summed E-state index contributed by atoms with van der Waals surface area (Å²) in [5, 5.41) is 20.0. The van der Waals surface area contributed by atoms with Crippen LogP contribution in [-0.2, 0) is 16.0 Å². The molecule has 10 heteroatoms. The van der Waals surface area contributed by atoms with Crippen LogP contribution in [0.2, 0.25) is 0 Å². The van der Waals surface area contributed by atoms with Crippen LogP contribution in [0.5, 0.6) is 0 Å². The van der Waals surface area contributed by atoms with Crippen LogP contribution in [0.3, 0.4) is 0 Å². The Bertz CT molecular complexity index is 1270. The monoisotopic (exact) mass is 539 g/mol. The second-order valence-corrected chi connectivity index (χ2v) is 8.91. The Morgan fingerprint density at radius 2 is 2.00 bits per heavy atom. The molecule has 1 aliphatic heterocycles. The maximum atomic E-state index is 13.5. The fourth-order valence-corrected chi connectivity index (χ4v) is 4.34. The van der Waals surface area contributed by atoms with Gasteiger partial charge in [-0.2, -0.15) is 10.1 Å². The first-order valence-electron chi connectivity index (χ1n) is 11.3. The SMILES string of the molecule is CCOC(=O)c1ccc(NC(=O)C2=C(C)Nc3nc(CCCO)nn3C2c2cccc(Br)c2)cc1. The van der Waals surface area contributed by atoms with Crippen LogP contribution in [0.15, 0.2) is 64.3 Å². The first kappa shape index (κ1) is 24.6. The number of rotatable bonds is 8. The average molecular weight is 540 g/mol. The van der Waals surface area contributed by atoms with Crippen molar-refractivity contribution in [3.63, 3.8) is 0 Å². The number of nitrogens with one attached hydrogen (secondary N) is 2. The quantitative estimate of drug-likeness (QED) is 0.369. The average Bonchev–Trinajstić information content (AvgIpc) is 3.24. The Balaban J connectivity index is 1.67. The first-order chi connectivity index (χ1) is 16.9. The van der Waals surface area contributed by atoms with E-state index in [0.717, 1.165) is 10.0 Å². The third-order valence-corrected chi connectivity index (χ3v) is 6.01. The molecule has 4 rings (SSSR count). The lowest BCUT2D eigenvalue weighted by Gasteiger charge is -2.28. The molecule has 3 N–H and O–H groups in total. The predicted molar refractivity (Wildman–Crippen MR) is 135 cm³/mol. The van der Waals surface area contributed by atoms with Gasteiger partial charge in [0, 0.05) is 28.9 Å². The molecule has 0 saturated heterocycles. The van der Waals surface area contributed by atoms with Crippen molar-refractivity contribution >= 4 is 39.4 Å². The maximum Gasteiger partial charge on any atom is 0.338 e. The number of allylic oxidation sites excluding steroid dienone is 1. The third-order valence-electron chi connectivity index (χ3n) is 5.52. The standard InChI is InChI=1S/C25H26BrN5O4/c1-3-35-24(34)16-9-11-19(12-10-16)28-23(33)21-15(2)27-25-29-20(8-5-13-32)30-31(25)22(21)17-6-4-7-18(26)14-17/h4,6-7,9-12,14,22,32H,3,5,8,13H2,1-2H3,(H,28,33)(H,27,29,30). The lowest BCUT2D eigenvalue weighted by atomic mass is 9.95. The number of fused-ring (bicyclic) bond motifs is 1. The van der Waals surface area contributed by atoms with Crippen LogP contribution < -0.4 is 10.6 Å². The highest BCUT2D eigenvalue weighted by atomic mass is 79.9. The van der Waals surface area contributed by atoms with Crippen molar-refractivity contribution < 1.29 is 19.4 Å². The van der Waals surface area contributed by atoms with Crippen LogP contribution in [0.4, 0.5) is 11.6 Å². The number of nitrogens with zero attached hydrogens (tertiary/aromatic N) is 3. The predicted octanol–water partition coefficient (Wildman–Crippen LogP) is 4.07. The van der Waals surface area contributed by atoms with Crippen LogP contribution in [0, 0.1) is 0 Å². The summed E-state index contributed by atoms with van der Waals surface area (Å²) in [6.07, 6.45) is 1.07. The van der Waals surface area contributed by atoms with Gasteiger partial charge in [0.2, 0.25) is 5.95 Å². The second-order valence-electron chi connectivity index (χ2n) is 8.00. The Morgan fingerprint density at radius 3 is 2.69 bits per heavy atom. The van der Waals surface area contributed by atoms with E-state index < -0.39 is 12.0 Å². The van der Waals surface area contributed by atoms with Crippen LogP contribution in [0.25, 0.3) is 0 Å². The number of aliphatic hydroxyl groups excluding tert-OH is 1. The van der Waals surface area contributed by atoms with Gasteiger partial charge in [-0.05, 0) is 62.2 Å². The molecule has 0 spiro atoms. The van der Waals surface area contributed by atoms with Gasteiger partial charge < -0.3 is 20.5 Å². The van der Waals surface area contributed by atoms with Gasteiger partial charge >= 0.3 is 5.97 Å². The van der Waals surface area contributed by atoms with Crippen LogP contribution >= 0.6 is 15.9 Å². The van der Waals surface area contributed by atoms with Gasteiger partial charge in [-0.15, -0.1) is 0 Å². The molecule has 182 valence electrons. The fraction of sp³-hybridized carbons (Fsp3) is 0.280. The molecule has 0 fully saturated rings. The topological polar surface area (TPSA) is 118 Å². The summed E-state index contributed by atoms with van der Waals surface area (Å²) in [4.78, 5) is 30.0. The maximum absolute atomic E-state index is 13.5. The van der Waals surface area contributed by atoms with E-state index in [1.807, 2.05) is 31.2 Å². The minimum absolute atomic E-state index is 0.0479. The van der Waals surface area contributed by atoms with Crippen molar-refractivity contribution in [3.05, 3.63) is 81.2 Å². The molecule has 0 aliphatic carbocycles. The van der Waals surface area contributed by atoms with Crippen molar-refractivity contribution in [1.82, 2.24) is 14.8 Å². The van der Waals surface area contributed by atoms with E-state index in [9.17, 15) is 14.7 Å². The third kappa shape index (κ3) is 5.44. The van der Waals surface area contributed by atoms with E-state index in [-0.39, 0.29) is 12.5 Å². The summed E-state index contributed by atoms with van der Waals surface area (Å²) in [5.41, 5.74) is 2.97. The van der Waals surface area contributed by atoms with Gasteiger partial charge in [0.05, 0.1) is 17.7 Å². The number of hydrogen-bond donors (Lipinski definition) is 3. The number of aliphatic hydroxyl groups is 1. The number of hydrogen-bond acceptors (Lipinski definition) is 7. The van der Waals surface area contributed by atoms with Gasteiger partial charge in [-0.1, -0.05) is 28.1 Å². The number of anilines is 2. The number of benzene rings is 2. The van der Waals surface area contributed by atoms with Gasteiger partial charge in [0.25, 0.3) is 5.91 Å². The number of halogens is 1. The zero-order valence-corrected chi connectivity index (χ0v) is 21.0. The van der Waals surface area contributed by atoms with E-state index in [1.165, 1.54) is 0 Å². The molecule has 1 atom stereocenters. The molecule has 1 amide bonds. The summed E-state index contributed by atoms with van der Waals surface area (Å²) in [6, 6.07) is 13.8. The second kappa shape index (κ2) is 10.8. The van der Waals surface area contributed by atoms with E-state index in [4.69, 9.17) is 4.74 Å². The number of carbonyl (C=O) groups is 2. The molecule has 2 aromatic carbocycles. The minimum Gasteiger partial charge on any atom is -0.462 e. The fourth-order valence-electron chi connectivity index (χ4n) is 3.92. The highest BCUT2D eigenvalue weighted by Gasteiger charge is 2.34. The highest BCUT2D eigenvalue weighted by Crippen LogP contribution is 2.36. The normalized spacial score (nSPS) is 14.8. The summed E-state index contributed by atoms with van der Waals surface area (Å²) in [7, 11) is 0. The molecule has 3 aromatic rings. The molecule has 2 heterocycles. The largest absolute Gasteiger partial charge is 0.462 e. The molecule has 1 aromatic heterocycles. The van der Waals surface area contributed by atoms with Gasteiger partial charge in [-0.3, -0.25) is 4.79 Å². The molecule has 1 unspecified atom stereocenters. The zero-order valence-electron chi connectivity index (χ0n) is 19.4. The number of ether oxygens (including phenoxy) is 1. The Kier molecular flexibility index (Phi) is 7.62. The summed E-state index contributed by atoms with van der Waals surface area (Å²) >= 11 is 3.52. The zero-order chi connectivity index (χ0) is 24.9. The number of amides is 1. The van der Waals surface area contributed by atoms with Crippen molar-refractivity contribution in [2.75, 3.05) is 23.8 Å². The van der Waals surface area contributed by atoms with Crippen LogP contribution in [-0.4, -0.2) is 45.0 Å². The minimum atomic E-state index is -0.516. The molecular formula is C25H26BrN5O4. The molecule has 1 aliphatic rings. The number of aryl methyl sites for hydroxylation is 1. The Morgan fingerprint density at radius 1 is 1.23 bits per heavy atom. The van der Waals surface area contributed by atoms with Crippen molar-refractivity contribution in [1.29, 1.82) is 0 Å². The van der Waals surface area contributed by atoms with E-state index in [1.54, 1.807) is 35.9 Å². The molecule has 0 bridgehead atoms. The lowest BCUT2D eigenvalue weighted by Crippen LogP contribution is -2.31. The Labute approximate surface area is 211 Å². The summed E-state index contributed by atoms with van der Waals surface area (Å²) in [5.74, 6) is 0.411. The molecule has 35 heavy (non-hydrogen) atoms. The van der Waals surface area contributed by atoms with Crippen molar-refractivity contribution in [2.24, 2.45) is 0 Å². The van der Waals surface area contributed by atoms with E-state index >= 15 is 0 Å². The highest BCUT2D eigenvalue weighted by molar-refractivity contribution is 9.10. The lowest BCUT2D eigenvalue weighted by molar-refractivity contribution is -0.113. The first-order valence-corrected chi connectivity index (χ1v) is 12.1. The molecular weight excluding hydrogens is 514 g/mol. The van der Waals surface area contributed by atoms with E-state index in [0.29, 0.717) is 53.7 Å². The summed E-state index contributed by atoms with van der Waals surface area (Å²) in [6.45, 7) is 3.92. The smallest absolute Gasteiger partial charge is 0.338 e. The molecule has 0 saturated carbocycles. The van der Waals surface area contributed by atoms with Crippen LogP contribution in [0.1, 0.15) is 48.1 Å². The number of esters is 1. The van der Waals surface area contributed by atoms with E-state index in [2.05, 4.69) is 36.6 Å². The van der Waals surface area contributed by atoms with Gasteiger partial charge in [0.1, 0.15) is 6.04 Å². The number of carbonyl (C=O) groups excluding carboxylic acids is 2. The summed E-state index contributed by atoms with van der Waals surface area (Å²) < 4.78 is 7.60.